The van der Waals surface area contributed by atoms with Gasteiger partial charge in [0, 0.05) is 16.8 Å². The molecule has 1 nitrogen and oxygen atoms in total. The molecule has 0 saturated heterocycles. The third-order valence-electron chi connectivity index (χ3n) is 5.83. The van der Waals surface area contributed by atoms with Crippen LogP contribution in [0.3, 0.4) is 0 Å². The summed E-state index contributed by atoms with van der Waals surface area (Å²) in [5.41, 5.74) is 7.84. The van der Waals surface area contributed by atoms with Gasteiger partial charge in [0.1, 0.15) is 0 Å². The van der Waals surface area contributed by atoms with Gasteiger partial charge in [0.05, 0.1) is 4.87 Å². The van der Waals surface area contributed by atoms with Gasteiger partial charge in [0.2, 0.25) is 0 Å². The van der Waals surface area contributed by atoms with Gasteiger partial charge in [-0.15, -0.1) is 23.2 Å². The molecule has 0 unspecified atom stereocenters. The number of rotatable bonds is 2. The van der Waals surface area contributed by atoms with E-state index in [0.717, 1.165) is 31.6 Å². The van der Waals surface area contributed by atoms with Crippen LogP contribution in [0.25, 0.3) is 0 Å². The third-order valence-corrected chi connectivity index (χ3v) is 6.82. The van der Waals surface area contributed by atoms with Crippen molar-refractivity contribution in [3.8, 4) is 0 Å². The van der Waals surface area contributed by atoms with Gasteiger partial charge in [-0.25, -0.2) is 0 Å². The van der Waals surface area contributed by atoms with Crippen molar-refractivity contribution >= 4 is 23.2 Å². The minimum absolute atomic E-state index is 0.0407. The Hall–Kier alpha value is -0.240. The normalized spacial score (nSPS) is 47.5. The maximum atomic E-state index is 7.07. The maximum absolute atomic E-state index is 7.07. The van der Waals surface area contributed by atoms with E-state index >= 15 is 0 Å². The lowest BCUT2D eigenvalue weighted by molar-refractivity contribution is -0.0187. The SMILES string of the molecule is N[C@@H](c1ccccc1)[C@H]1[C@H]2C[C@@H]3C[C@](Cl)(C2)C[C@@]1(Cl)C3. The second kappa shape index (κ2) is 4.38. The number of alkyl halides is 2. The first-order valence-corrected chi connectivity index (χ1v) is 8.43. The molecule has 20 heavy (non-hydrogen) atoms. The fraction of sp³-hybridized carbons (Fsp3) is 0.647. The Balaban J connectivity index is 1.69. The molecule has 4 fully saturated rings. The average Bonchev–Trinajstić information content (AvgIpc) is 2.36. The molecule has 2 N–H and O–H groups in total. The fourth-order valence-electron chi connectivity index (χ4n) is 5.49. The van der Waals surface area contributed by atoms with E-state index in [0.29, 0.717) is 11.8 Å². The summed E-state index contributed by atoms with van der Waals surface area (Å²) in [6, 6.07) is 10.5. The number of halogens is 2. The summed E-state index contributed by atoms with van der Waals surface area (Å²) in [6.45, 7) is 0. The summed E-state index contributed by atoms with van der Waals surface area (Å²) in [5, 5.41) is 0. The van der Waals surface area contributed by atoms with Gasteiger partial charge in [-0.1, -0.05) is 30.3 Å². The molecule has 0 aliphatic heterocycles. The molecule has 6 atom stereocenters. The molecule has 0 amide bonds. The van der Waals surface area contributed by atoms with Crippen LogP contribution >= 0.6 is 23.2 Å². The topological polar surface area (TPSA) is 26.0 Å². The highest BCUT2D eigenvalue weighted by Gasteiger charge is 2.62. The molecule has 1 aromatic rings. The highest BCUT2D eigenvalue weighted by Crippen LogP contribution is 2.66. The van der Waals surface area contributed by atoms with Gasteiger partial charge in [-0.05, 0) is 49.5 Å². The van der Waals surface area contributed by atoms with Gasteiger partial charge in [0.25, 0.3) is 0 Å². The summed E-state index contributed by atoms with van der Waals surface area (Å²) in [7, 11) is 0. The van der Waals surface area contributed by atoms with E-state index in [1.54, 1.807) is 0 Å². The molecule has 0 aromatic heterocycles. The molecule has 4 saturated carbocycles. The lowest BCUT2D eigenvalue weighted by Gasteiger charge is -2.63. The zero-order chi connectivity index (χ0) is 14.0. The molecule has 4 aliphatic rings. The summed E-state index contributed by atoms with van der Waals surface area (Å²) >= 11 is 13.9. The first kappa shape index (κ1) is 13.4. The first-order valence-electron chi connectivity index (χ1n) is 7.68. The van der Waals surface area contributed by atoms with E-state index in [1.807, 2.05) is 6.07 Å². The van der Waals surface area contributed by atoms with Crippen molar-refractivity contribution < 1.29 is 0 Å². The van der Waals surface area contributed by atoms with Crippen LogP contribution in [0, 0.1) is 17.8 Å². The van der Waals surface area contributed by atoms with E-state index in [9.17, 15) is 0 Å². The van der Waals surface area contributed by atoms with E-state index in [1.165, 1.54) is 12.0 Å². The van der Waals surface area contributed by atoms with Crippen molar-refractivity contribution in [2.24, 2.45) is 23.5 Å². The highest BCUT2D eigenvalue weighted by atomic mass is 35.5. The zero-order valence-electron chi connectivity index (χ0n) is 11.6. The summed E-state index contributed by atoms with van der Waals surface area (Å²) in [6.07, 6.45) is 5.57. The van der Waals surface area contributed by atoms with Crippen LogP contribution < -0.4 is 5.73 Å². The molecule has 0 heterocycles. The Morgan fingerprint density at radius 2 is 1.85 bits per heavy atom. The van der Waals surface area contributed by atoms with E-state index in [2.05, 4.69) is 24.3 Å². The van der Waals surface area contributed by atoms with Crippen molar-refractivity contribution in [2.75, 3.05) is 0 Å². The van der Waals surface area contributed by atoms with Crippen LogP contribution in [0.5, 0.6) is 0 Å². The van der Waals surface area contributed by atoms with Crippen LogP contribution in [0.15, 0.2) is 30.3 Å². The highest BCUT2D eigenvalue weighted by molar-refractivity contribution is 6.28. The Morgan fingerprint density at radius 1 is 1.10 bits per heavy atom. The van der Waals surface area contributed by atoms with Crippen molar-refractivity contribution in [3.63, 3.8) is 0 Å². The van der Waals surface area contributed by atoms with E-state index in [-0.39, 0.29) is 15.8 Å². The van der Waals surface area contributed by atoms with Crippen LogP contribution in [-0.2, 0) is 0 Å². The van der Waals surface area contributed by atoms with Crippen LogP contribution in [0.4, 0.5) is 0 Å². The molecular weight excluding hydrogens is 289 g/mol. The predicted octanol–water partition coefficient (Wildman–Crippen LogP) is 4.48. The Kier molecular flexibility index (Phi) is 2.94. The van der Waals surface area contributed by atoms with Crippen molar-refractivity contribution in [2.45, 2.75) is 47.9 Å². The Labute approximate surface area is 130 Å². The smallest absolute Gasteiger partial charge is 0.0515 e. The third kappa shape index (κ3) is 1.94. The van der Waals surface area contributed by atoms with Crippen LogP contribution in [0.2, 0.25) is 0 Å². The van der Waals surface area contributed by atoms with Crippen LogP contribution in [-0.4, -0.2) is 9.75 Å². The quantitative estimate of drug-likeness (QED) is 0.801. The fourth-order valence-corrected chi connectivity index (χ4v) is 7.00. The summed E-state index contributed by atoms with van der Waals surface area (Å²) < 4.78 is 0. The summed E-state index contributed by atoms with van der Waals surface area (Å²) in [4.78, 5) is -0.221. The van der Waals surface area contributed by atoms with Crippen molar-refractivity contribution in [1.29, 1.82) is 0 Å². The molecular formula is C17H21Cl2N. The predicted molar refractivity (Wildman–Crippen MR) is 84.1 cm³/mol. The van der Waals surface area contributed by atoms with E-state index < -0.39 is 0 Å². The molecule has 0 spiro atoms. The molecule has 0 radical (unpaired) electrons. The molecule has 5 rings (SSSR count). The Morgan fingerprint density at radius 3 is 2.50 bits per heavy atom. The van der Waals surface area contributed by atoms with Crippen LogP contribution in [0.1, 0.15) is 43.7 Å². The number of hydrogen-bond donors (Lipinski definition) is 1. The molecule has 108 valence electrons. The number of benzene rings is 1. The molecule has 1 aromatic carbocycles. The Bertz CT molecular complexity index is 519. The number of hydrogen-bond acceptors (Lipinski definition) is 1. The van der Waals surface area contributed by atoms with Gasteiger partial charge in [-0.2, -0.15) is 0 Å². The van der Waals surface area contributed by atoms with Gasteiger partial charge in [-0.3, -0.25) is 0 Å². The number of nitrogens with two attached hydrogens (primary N) is 1. The first-order chi connectivity index (χ1) is 9.49. The van der Waals surface area contributed by atoms with Crippen molar-refractivity contribution in [3.05, 3.63) is 35.9 Å². The second-order valence-electron chi connectivity index (χ2n) is 7.30. The largest absolute Gasteiger partial charge is 0.324 e. The summed E-state index contributed by atoms with van der Waals surface area (Å²) in [5.74, 6) is 1.69. The zero-order valence-corrected chi connectivity index (χ0v) is 13.1. The molecule has 3 heteroatoms. The van der Waals surface area contributed by atoms with E-state index in [4.69, 9.17) is 28.9 Å². The maximum Gasteiger partial charge on any atom is 0.0515 e. The monoisotopic (exact) mass is 309 g/mol. The minimum Gasteiger partial charge on any atom is -0.324 e. The van der Waals surface area contributed by atoms with Crippen molar-refractivity contribution in [1.82, 2.24) is 0 Å². The molecule has 4 bridgehead atoms. The average molecular weight is 310 g/mol. The molecule has 4 aliphatic carbocycles. The lowest BCUT2D eigenvalue weighted by Crippen LogP contribution is -2.61. The minimum atomic E-state index is -0.179. The van der Waals surface area contributed by atoms with Gasteiger partial charge < -0.3 is 5.73 Å². The van der Waals surface area contributed by atoms with Gasteiger partial charge in [0.15, 0.2) is 0 Å². The lowest BCUT2D eigenvalue weighted by atomic mass is 9.49. The second-order valence-corrected chi connectivity index (χ2v) is 8.85. The van der Waals surface area contributed by atoms with Gasteiger partial charge >= 0.3 is 0 Å². The standard InChI is InChI=1S/C17H21Cl2N/c18-16-7-11-6-13(9-16)14(17(19,8-11)10-16)15(20)12-4-2-1-3-5-12/h1-5,11,13-15H,6-10,20H2/t11-,13+,14-,15+,16+,17+/m1/s1.